The lowest BCUT2D eigenvalue weighted by molar-refractivity contribution is 0.116. The fourth-order valence-corrected chi connectivity index (χ4v) is 4.78. The van der Waals surface area contributed by atoms with Crippen LogP contribution in [0.5, 0.6) is 0 Å². The summed E-state index contributed by atoms with van der Waals surface area (Å²) in [4.78, 5) is 36.2. The van der Waals surface area contributed by atoms with Gasteiger partial charge in [0.25, 0.3) is 0 Å². The van der Waals surface area contributed by atoms with E-state index < -0.39 is 24.0 Å². The quantitative estimate of drug-likeness (QED) is 0.197. The van der Waals surface area contributed by atoms with Crippen LogP contribution in [0.2, 0.25) is 5.02 Å². The molecule has 2 heterocycles. The number of pyridine rings is 1. The van der Waals surface area contributed by atoms with Gasteiger partial charge in [0.15, 0.2) is 0 Å². The Hall–Kier alpha value is -4.96. The molecule has 0 saturated carbocycles. The zero-order valence-corrected chi connectivity index (χ0v) is 24.2. The van der Waals surface area contributed by atoms with Gasteiger partial charge in [-0.25, -0.2) is 23.9 Å². The van der Waals surface area contributed by atoms with Crippen molar-refractivity contribution in [1.82, 2.24) is 24.8 Å². The van der Waals surface area contributed by atoms with Gasteiger partial charge in [0.1, 0.15) is 24.1 Å². The number of carbonyl (C=O) groups excluding carboxylic acids is 2. The normalized spacial score (nSPS) is 11.6. The average Bonchev–Trinajstić information content (AvgIpc) is 3.46. The second-order valence-corrected chi connectivity index (χ2v) is 10.3. The van der Waals surface area contributed by atoms with E-state index in [0.29, 0.717) is 30.2 Å². The zero-order valence-electron chi connectivity index (χ0n) is 23.4. The summed E-state index contributed by atoms with van der Waals surface area (Å²) in [5.74, 6) is 0.490. The van der Waals surface area contributed by atoms with E-state index in [9.17, 15) is 14.0 Å². The molecule has 0 aliphatic heterocycles. The molecule has 5 aromatic rings. The molecular formula is C32H30ClFN6O3. The molecule has 3 aromatic carbocycles. The summed E-state index contributed by atoms with van der Waals surface area (Å²) in [5, 5.41) is 7.24. The van der Waals surface area contributed by atoms with Crippen LogP contribution in [-0.2, 0) is 24.2 Å². The smallest absolute Gasteiger partial charge is 0.412 e. The predicted octanol–water partition coefficient (Wildman–Crippen LogP) is 6.27. The van der Waals surface area contributed by atoms with Gasteiger partial charge in [-0.2, -0.15) is 0 Å². The summed E-state index contributed by atoms with van der Waals surface area (Å²) < 4.78 is 21.4. The van der Waals surface area contributed by atoms with Crippen molar-refractivity contribution in [3.05, 3.63) is 125 Å². The van der Waals surface area contributed by atoms with Crippen molar-refractivity contribution < 1.29 is 18.7 Å². The zero-order chi connectivity index (χ0) is 30.2. The van der Waals surface area contributed by atoms with Crippen molar-refractivity contribution in [1.29, 1.82) is 0 Å². The number of urea groups is 1. The van der Waals surface area contributed by atoms with E-state index in [2.05, 4.69) is 20.6 Å². The van der Waals surface area contributed by atoms with E-state index in [0.717, 1.165) is 16.3 Å². The molecule has 2 aromatic heterocycles. The fraction of sp³-hybridized carbons (Fsp3) is 0.188. The van der Waals surface area contributed by atoms with E-state index in [1.165, 1.54) is 17.0 Å². The molecular weight excluding hydrogens is 571 g/mol. The molecule has 1 unspecified atom stereocenters. The molecule has 43 heavy (non-hydrogen) atoms. The molecule has 0 fully saturated rings. The lowest BCUT2D eigenvalue weighted by atomic mass is 10.1. The number of fused-ring (bicyclic) bond motifs is 1. The van der Waals surface area contributed by atoms with Crippen molar-refractivity contribution in [2.75, 3.05) is 19.0 Å². The number of carbonyl (C=O) groups is 2. The van der Waals surface area contributed by atoms with Crippen molar-refractivity contribution in [2.24, 2.45) is 0 Å². The number of halogens is 2. The highest BCUT2D eigenvalue weighted by atomic mass is 35.5. The number of hydrogen-bond acceptors (Lipinski definition) is 5. The summed E-state index contributed by atoms with van der Waals surface area (Å²) >= 11 is 6.06. The number of nitrogens with one attached hydrogen (secondary N) is 2. The van der Waals surface area contributed by atoms with Crippen LogP contribution in [0.3, 0.4) is 0 Å². The molecule has 11 heteroatoms. The molecule has 0 aliphatic rings. The van der Waals surface area contributed by atoms with E-state index in [4.69, 9.17) is 16.3 Å². The number of aromatic nitrogens is 3. The number of benzene rings is 3. The Labute approximate surface area is 253 Å². The summed E-state index contributed by atoms with van der Waals surface area (Å²) in [7, 11) is 1.60. The van der Waals surface area contributed by atoms with E-state index in [1.54, 1.807) is 31.6 Å². The number of anilines is 1. The minimum absolute atomic E-state index is 0.0180. The highest BCUT2D eigenvalue weighted by Gasteiger charge is 2.24. The van der Waals surface area contributed by atoms with Gasteiger partial charge in [0.05, 0.1) is 11.1 Å². The van der Waals surface area contributed by atoms with Crippen LogP contribution in [-0.4, -0.2) is 51.3 Å². The third-order valence-electron chi connectivity index (χ3n) is 7.01. The summed E-state index contributed by atoms with van der Waals surface area (Å²) in [6.07, 6.45) is 4.82. The third kappa shape index (κ3) is 7.66. The standard InChI is InChI=1S/C32H30ClFN6O3/c1-39(31(41)37-19-25-12-7-13-27(34)30(25)33)26(17-29-35-14-15-40(29)20-22-8-3-2-4-9-22)21-43-32(42)38-28-16-23-10-5-6-11-24(23)18-36-28/h2-16,18,26H,17,19-21H2,1H3,(H,37,41)(H,36,38,42). The lowest BCUT2D eigenvalue weighted by Gasteiger charge is -2.28. The first kappa shape index (κ1) is 29.5. The molecule has 0 saturated heterocycles. The Bertz CT molecular complexity index is 1710. The lowest BCUT2D eigenvalue weighted by Crippen LogP contribution is -2.47. The first-order valence-electron chi connectivity index (χ1n) is 13.6. The predicted molar refractivity (Wildman–Crippen MR) is 163 cm³/mol. The first-order chi connectivity index (χ1) is 20.9. The Balaban J connectivity index is 1.28. The topological polar surface area (TPSA) is 101 Å². The number of ether oxygens (including phenoxy) is 1. The van der Waals surface area contributed by atoms with Crippen molar-refractivity contribution in [2.45, 2.75) is 25.6 Å². The second kappa shape index (κ2) is 13.8. The minimum atomic E-state index is -0.708. The highest BCUT2D eigenvalue weighted by molar-refractivity contribution is 6.31. The van der Waals surface area contributed by atoms with Crippen molar-refractivity contribution in [3.8, 4) is 0 Å². The first-order valence-corrected chi connectivity index (χ1v) is 14.0. The highest BCUT2D eigenvalue weighted by Crippen LogP contribution is 2.20. The van der Waals surface area contributed by atoms with E-state index >= 15 is 0 Å². The molecule has 0 radical (unpaired) electrons. The molecule has 0 aliphatic carbocycles. The van der Waals surface area contributed by atoms with Gasteiger partial charge in [-0.1, -0.05) is 78.3 Å². The van der Waals surface area contributed by atoms with Gasteiger partial charge >= 0.3 is 12.1 Å². The van der Waals surface area contributed by atoms with Gasteiger partial charge in [0.2, 0.25) is 0 Å². The van der Waals surface area contributed by atoms with Gasteiger partial charge < -0.3 is 19.5 Å². The Kier molecular flexibility index (Phi) is 9.48. The molecule has 9 nitrogen and oxygen atoms in total. The van der Waals surface area contributed by atoms with Crippen molar-refractivity contribution in [3.63, 3.8) is 0 Å². The van der Waals surface area contributed by atoms with Crippen LogP contribution in [0.1, 0.15) is 17.0 Å². The number of imidazole rings is 1. The van der Waals surface area contributed by atoms with E-state index in [-0.39, 0.29) is 18.2 Å². The number of hydrogen-bond donors (Lipinski definition) is 2. The number of rotatable bonds is 10. The maximum atomic E-state index is 13.9. The molecule has 1 atom stereocenters. The molecule has 0 bridgehead atoms. The van der Waals surface area contributed by atoms with Crippen LogP contribution in [0.4, 0.5) is 19.8 Å². The monoisotopic (exact) mass is 600 g/mol. The molecule has 0 spiro atoms. The van der Waals surface area contributed by atoms with Crippen molar-refractivity contribution >= 4 is 40.3 Å². The maximum Gasteiger partial charge on any atom is 0.412 e. The minimum Gasteiger partial charge on any atom is -0.447 e. The molecule has 2 N–H and O–H groups in total. The van der Waals surface area contributed by atoms with Gasteiger partial charge in [-0.3, -0.25) is 5.32 Å². The van der Waals surface area contributed by atoms with Gasteiger partial charge in [-0.15, -0.1) is 0 Å². The second-order valence-electron chi connectivity index (χ2n) is 9.94. The SMILES string of the molecule is CN(C(=O)NCc1cccc(F)c1Cl)C(COC(=O)Nc1cc2ccccc2cn1)Cc1nccn1Cc1ccccc1. The maximum absolute atomic E-state index is 13.9. The number of nitrogens with zero attached hydrogens (tertiary/aromatic N) is 4. The van der Waals surface area contributed by atoms with Crippen LogP contribution in [0.25, 0.3) is 10.8 Å². The van der Waals surface area contributed by atoms with E-state index in [1.807, 2.05) is 65.4 Å². The number of amides is 3. The van der Waals surface area contributed by atoms with Crippen LogP contribution in [0.15, 0.2) is 97.5 Å². The Morgan fingerprint density at radius 3 is 2.60 bits per heavy atom. The van der Waals surface area contributed by atoms with Crippen LogP contribution in [0, 0.1) is 5.82 Å². The largest absolute Gasteiger partial charge is 0.447 e. The average molecular weight is 601 g/mol. The Morgan fingerprint density at radius 1 is 1.02 bits per heavy atom. The number of likely N-dealkylation sites (N-methyl/N-ethyl adjacent to an activating group) is 1. The van der Waals surface area contributed by atoms with Gasteiger partial charge in [0, 0.05) is 50.5 Å². The summed E-state index contributed by atoms with van der Waals surface area (Å²) in [6.45, 7) is 0.484. The molecule has 3 amide bonds. The van der Waals surface area contributed by atoms with Crippen LogP contribution >= 0.6 is 11.6 Å². The Morgan fingerprint density at radius 2 is 1.79 bits per heavy atom. The molecule has 220 valence electrons. The van der Waals surface area contributed by atoms with Crippen LogP contribution < -0.4 is 10.6 Å². The third-order valence-corrected chi connectivity index (χ3v) is 7.44. The summed E-state index contributed by atoms with van der Waals surface area (Å²) in [5.41, 5.74) is 1.53. The van der Waals surface area contributed by atoms with Gasteiger partial charge in [-0.05, 0) is 28.6 Å². The summed E-state index contributed by atoms with van der Waals surface area (Å²) in [6, 6.07) is 22.7. The fourth-order valence-electron chi connectivity index (χ4n) is 4.58. The molecule has 5 rings (SSSR count).